The van der Waals surface area contributed by atoms with Crippen molar-refractivity contribution in [2.45, 2.75) is 51.6 Å². The van der Waals surface area contributed by atoms with E-state index in [0.29, 0.717) is 6.61 Å². The maximum absolute atomic E-state index is 10.6. The Hall–Kier alpha value is -3.50. The lowest BCUT2D eigenvalue weighted by molar-refractivity contribution is -0.193. The highest BCUT2D eigenvalue weighted by atomic mass is 32.1. The highest BCUT2D eigenvalue weighted by Gasteiger charge is 2.38. The van der Waals surface area contributed by atoms with Crippen LogP contribution in [0.25, 0.3) is 0 Å². The number of pyridine rings is 1. The molecule has 4 heterocycles. The van der Waals surface area contributed by atoms with Crippen LogP contribution in [0.2, 0.25) is 0 Å². The summed E-state index contributed by atoms with van der Waals surface area (Å²) in [5, 5.41) is 20.9. The summed E-state index contributed by atoms with van der Waals surface area (Å²) in [5.74, 6) is -5.51. The Morgan fingerprint density at radius 2 is 1.69 bits per heavy atom. The van der Waals surface area contributed by atoms with E-state index in [-0.39, 0.29) is 6.10 Å². The summed E-state index contributed by atoms with van der Waals surface area (Å²) in [4.78, 5) is 25.8. The van der Waals surface area contributed by atoms with Gasteiger partial charge >= 0.3 is 24.3 Å². The number of rotatable bonds is 5. The lowest BCUT2D eigenvalue weighted by atomic mass is 10.2. The van der Waals surface area contributed by atoms with E-state index < -0.39 is 24.3 Å². The van der Waals surface area contributed by atoms with Crippen molar-refractivity contribution in [3.63, 3.8) is 0 Å². The van der Waals surface area contributed by atoms with E-state index >= 15 is 0 Å². The molecule has 16 heteroatoms. The van der Waals surface area contributed by atoms with Crippen LogP contribution in [-0.2, 0) is 40.6 Å². The molecule has 0 aliphatic carbocycles. The molecule has 214 valence electrons. The average Bonchev–Trinajstić information content (AvgIpc) is 3.41. The predicted octanol–water partition coefficient (Wildman–Crippen LogP) is 4.52. The van der Waals surface area contributed by atoms with E-state index in [9.17, 15) is 26.3 Å². The number of fused-ring (bicyclic) bond motifs is 1. The molecule has 0 amide bonds. The molecule has 0 radical (unpaired) electrons. The zero-order valence-electron chi connectivity index (χ0n) is 20.3. The van der Waals surface area contributed by atoms with Crippen LogP contribution in [0.1, 0.15) is 21.7 Å². The van der Waals surface area contributed by atoms with Crippen LogP contribution in [0.4, 0.5) is 26.3 Å². The maximum atomic E-state index is 10.6. The molecule has 1 unspecified atom stereocenters. The molecule has 0 spiro atoms. The molecular formula is C23H24F6N4O5S. The fraction of sp³-hybridized carbons (Fsp3) is 0.391. The van der Waals surface area contributed by atoms with Gasteiger partial charge in [0, 0.05) is 43.1 Å². The molecule has 0 saturated carbocycles. The number of aromatic nitrogens is 3. The van der Waals surface area contributed by atoms with Crippen molar-refractivity contribution in [1.82, 2.24) is 19.7 Å². The standard InChI is InChI=1S/C19H22N4OS.2C2HF3O2/c1-15-5-8-25-19(15)13-22-10-17-4-7-21-23(17)12-18(11-22)24-14-16-3-2-6-20-9-16;2*3-2(4,5)1(6)7/h2-9,18H,10-14H2,1H3;2*(H,6,7). The number of carbonyl (C=O) groups is 2. The van der Waals surface area contributed by atoms with Crippen molar-refractivity contribution in [2.24, 2.45) is 0 Å². The van der Waals surface area contributed by atoms with Crippen LogP contribution in [0.5, 0.6) is 0 Å². The van der Waals surface area contributed by atoms with Crippen LogP contribution in [0.3, 0.4) is 0 Å². The van der Waals surface area contributed by atoms with E-state index in [2.05, 4.69) is 50.2 Å². The number of halogens is 6. The first-order valence-electron chi connectivity index (χ1n) is 11.0. The van der Waals surface area contributed by atoms with Crippen molar-refractivity contribution in [1.29, 1.82) is 0 Å². The minimum Gasteiger partial charge on any atom is -0.475 e. The SMILES string of the molecule is Cc1ccsc1CN1Cc2ccnn2CC(OCc2cccnc2)C1.O=C(O)C(F)(F)F.O=C(O)C(F)(F)F. The molecule has 0 aromatic carbocycles. The minimum atomic E-state index is -5.08. The molecule has 4 rings (SSSR count). The van der Waals surface area contributed by atoms with E-state index in [1.807, 2.05) is 29.8 Å². The van der Waals surface area contributed by atoms with Gasteiger partial charge in [0.05, 0.1) is 24.9 Å². The van der Waals surface area contributed by atoms with Gasteiger partial charge in [0.25, 0.3) is 0 Å². The number of carboxylic acid groups (broad SMARTS) is 2. The molecule has 39 heavy (non-hydrogen) atoms. The van der Waals surface area contributed by atoms with Crippen LogP contribution in [-0.4, -0.2) is 66.8 Å². The highest BCUT2D eigenvalue weighted by molar-refractivity contribution is 7.10. The Labute approximate surface area is 222 Å². The summed E-state index contributed by atoms with van der Waals surface area (Å²) in [6, 6.07) is 8.30. The molecule has 0 fully saturated rings. The molecule has 9 nitrogen and oxygen atoms in total. The second kappa shape index (κ2) is 14.0. The summed E-state index contributed by atoms with van der Waals surface area (Å²) in [7, 11) is 0. The van der Waals surface area contributed by atoms with Gasteiger partial charge in [0.15, 0.2) is 0 Å². The number of hydrogen-bond acceptors (Lipinski definition) is 7. The van der Waals surface area contributed by atoms with Crippen molar-refractivity contribution in [3.05, 3.63) is 69.9 Å². The van der Waals surface area contributed by atoms with Gasteiger partial charge in [0.1, 0.15) is 0 Å². The number of thiophene rings is 1. The monoisotopic (exact) mass is 582 g/mol. The third-order valence-electron chi connectivity index (χ3n) is 5.06. The number of carboxylic acids is 2. The van der Waals surface area contributed by atoms with Gasteiger partial charge < -0.3 is 14.9 Å². The lowest BCUT2D eigenvalue weighted by Crippen LogP contribution is -2.32. The largest absolute Gasteiger partial charge is 0.490 e. The topological polar surface area (TPSA) is 118 Å². The van der Waals surface area contributed by atoms with Crippen molar-refractivity contribution in [3.8, 4) is 0 Å². The third-order valence-corrected chi connectivity index (χ3v) is 6.07. The van der Waals surface area contributed by atoms with E-state index in [4.69, 9.17) is 24.5 Å². The molecule has 3 aromatic heterocycles. The van der Waals surface area contributed by atoms with Crippen LogP contribution in [0, 0.1) is 6.92 Å². The summed E-state index contributed by atoms with van der Waals surface area (Å²) in [6.45, 7) is 6.33. The van der Waals surface area contributed by atoms with Crippen molar-refractivity contribution in [2.75, 3.05) is 6.54 Å². The normalized spacial score (nSPS) is 15.6. The Bertz CT molecular complexity index is 1180. The minimum absolute atomic E-state index is 0.113. The summed E-state index contributed by atoms with van der Waals surface area (Å²) in [5.41, 5.74) is 3.73. The second-order valence-electron chi connectivity index (χ2n) is 8.10. The van der Waals surface area contributed by atoms with Gasteiger partial charge in [-0.1, -0.05) is 6.07 Å². The van der Waals surface area contributed by atoms with Crippen molar-refractivity contribution >= 4 is 23.3 Å². The van der Waals surface area contributed by atoms with Gasteiger partial charge in [-0.3, -0.25) is 14.6 Å². The number of aryl methyl sites for hydroxylation is 1. The molecule has 1 aliphatic rings. The smallest absolute Gasteiger partial charge is 0.475 e. The molecule has 0 bridgehead atoms. The Morgan fingerprint density at radius 1 is 1.05 bits per heavy atom. The number of alkyl halides is 6. The maximum Gasteiger partial charge on any atom is 0.490 e. The predicted molar refractivity (Wildman–Crippen MR) is 126 cm³/mol. The average molecular weight is 583 g/mol. The van der Waals surface area contributed by atoms with E-state index in [1.165, 1.54) is 16.1 Å². The Kier molecular flexibility index (Phi) is 11.4. The fourth-order valence-corrected chi connectivity index (χ4v) is 4.13. The van der Waals surface area contributed by atoms with Crippen LogP contribution < -0.4 is 0 Å². The zero-order valence-corrected chi connectivity index (χ0v) is 21.1. The number of ether oxygens (including phenoxy) is 1. The zero-order chi connectivity index (χ0) is 29.2. The third kappa shape index (κ3) is 11.0. The first kappa shape index (κ1) is 31.7. The summed E-state index contributed by atoms with van der Waals surface area (Å²) >= 11 is 1.83. The van der Waals surface area contributed by atoms with Crippen molar-refractivity contribution < 1.29 is 50.9 Å². The number of nitrogens with zero attached hydrogens (tertiary/aromatic N) is 4. The molecule has 2 N–H and O–H groups in total. The first-order chi connectivity index (χ1) is 18.2. The number of aliphatic carboxylic acids is 2. The highest BCUT2D eigenvalue weighted by Crippen LogP contribution is 2.22. The fourth-order valence-electron chi connectivity index (χ4n) is 3.18. The van der Waals surface area contributed by atoms with E-state index in [0.717, 1.165) is 31.7 Å². The summed E-state index contributed by atoms with van der Waals surface area (Å²) < 4.78 is 71.8. The van der Waals surface area contributed by atoms with E-state index in [1.54, 1.807) is 6.20 Å². The van der Waals surface area contributed by atoms with Gasteiger partial charge in [-0.05, 0) is 41.6 Å². The second-order valence-corrected chi connectivity index (χ2v) is 9.10. The first-order valence-corrected chi connectivity index (χ1v) is 11.9. The molecule has 3 aromatic rings. The van der Waals surface area contributed by atoms with Gasteiger partial charge in [-0.2, -0.15) is 31.4 Å². The summed E-state index contributed by atoms with van der Waals surface area (Å²) in [6.07, 6.45) is -4.52. The lowest BCUT2D eigenvalue weighted by Gasteiger charge is -2.24. The quantitative estimate of drug-likeness (QED) is 0.422. The Balaban J connectivity index is 0.000000317. The van der Waals surface area contributed by atoms with Crippen LogP contribution in [0.15, 0.2) is 48.2 Å². The molecule has 0 saturated heterocycles. The van der Waals surface area contributed by atoms with Gasteiger partial charge in [0.2, 0.25) is 0 Å². The van der Waals surface area contributed by atoms with Gasteiger partial charge in [-0.25, -0.2) is 9.59 Å². The van der Waals surface area contributed by atoms with Crippen LogP contribution >= 0.6 is 11.3 Å². The molecule has 1 aliphatic heterocycles. The number of hydrogen-bond donors (Lipinski definition) is 2. The molecule has 1 atom stereocenters. The van der Waals surface area contributed by atoms with Gasteiger partial charge in [-0.15, -0.1) is 11.3 Å². The Morgan fingerprint density at radius 3 is 2.21 bits per heavy atom. The molecular weight excluding hydrogens is 558 g/mol.